The molecule has 0 saturated carbocycles. The van der Waals surface area contributed by atoms with Crippen LogP contribution in [0.3, 0.4) is 0 Å². The van der Waals surface area contributed by atoms with Crippen molar-refractivity contribution < 1.29 is 9.53 Å². The Morgan fingerprint density at radius 2 is 2.12 bits per heavy atom. The quantitative estimate of drug-likeness (QED) is 0.741. The summed E-state index contributed by atoms with van der Waals surface area (Å²) < 4.78 is 6.68. The summed E-state index contributed by atoms with van der Waals surface area (Å²) in [6.45, 7) is 4.32. The molecule has 2 nitrogen and oxygen atoms in total. The molecule has 0 aliphatic carbocycles. The average molecular weight is 285 g/mol. The predicted octanol–water partition coefficient (Wildman–Crippen LogP) is 3.90. The Morgan fingerprint density at radius 3 is 2.81 bits per heavy atom. The normalized spacial score (nSPS) is 10.2. The topological polar surface area (TPSA) is 26.3 Å². The molecule has 0 amide bonds. The molecule has 0 heterocycles. The van der Waals surface area contributed by atoms with Crippen molar-refractivity contribution in [3.63, 3.8) is 0 Å². The number of hydrogen-bond acceptors (Lipinski definition) is 2. The number of Topliss-reactive ketones (excluding diaryl/α,β-unsaturated/α-hetero) is 1. The third-order valence-electron chi connectivity index (χ3n) is 2.33. The van der Waals surface area contributed by atoms with Gasteiger partial charge in [0.25, 0.3) is 0 Å². The fourth-order valence-electron chi connectivity index (χ4n) is 1.39. The van der Waals surface area contributed by atoms with E-state index >= 15 is 0 Å². The van der Waals surface area contributed by atoms with Crippen LogP contribution in [-0.2, 0) is 4.79 Å². The van der Waals surface area contributed by atoms with E-state index in [2.05, 4.69) is 15.9 Å². The largest absolute Gasteiger partial charge is 0.493 e. The molecule has 0 atom stereocenters. The van der Waals surface area contributed by atoms with Crippen LogP contribution in [0.5, 0.6) is 5.75 Å². The van der Waals surface area contributed by atoms with Gasteiger partial charge >= 0.3 is 0 Å². The van der Waals surface area contributed by atoms with Gasteiger partial charge in [0.15, 0.2) is 0 Å². The number of unbranched alkanes of at least 4 members (excludes halogenated alkanes) is 1. The number of halogens is 1. The van der Waals surface area contributed by atoms with Gasteiger partial charge in [-0.1, -0.05) is 22.0 Å². The lowest BCUT2D eigenvalue weighted by Gasteiger charge is -2.09. The molecule has 0 aliphatic heterocycles. The lowest BCUT2D eigenvalue weighted by Crippen LogP contribution is -2.00. The van der Waals surface area contributed by atoms with Crippen LogP contribution in [0.4, 0.5) is 0 Å². The van der Waals surface area contributed by atoms with Crippen molar-refractivity contribution in [1.29, 1.82) is 0 Å². The maximum Gasteiger partial charge on any atom is 0.129 e. The highest BCUT2D eigenvalue weighted by Crippen LogP contribution is 2.23. The van der Waals surface area contributed by atoms with Crippen LogP contribution in [0.25, 0.3) is 0 Å². The lowest BCUT2D eigenvalue weighted by atomic mass is 10.2. The number of benzene rings is 1. The monoisotopic (exact) mass is 284 g/mol. The average Bonchev–Trinajstić information content (AvgIpc) is 2.22. The molecular formula is C13H17BrO2. The maximum absolute atomic E-state index is 10.7. The van der Waals surface area contributed by atoms with Crippen molar-refractivity contribution >= 4 is 21.7 Å². The SMILES string of the molecule is CC(=O)CCCCOc1cc(Br)ccc1C. The Balaban J connectivity index is 2.31. The van der Waals surface area contributed by atoms with Crippen molar-refractivity contribution in [2.24, 2.45) is 0 Å². The molecule has 0 aromatic heterocycles. The summed E-state index contributed by atoms with van der Waals surface area (Å²) in [5.41, 5.74) is 1.13. The second-order valence-electron chi connectivity index (χ2n) is 3.92. The Hall–Kier alpha value is -0.830. The van der Waals surface area contributed by atoms with Crippen LogP contribution in [0.2, 0.25) is 0 Å². The van der Waals surface area contributed by atoms with Gasteiger partial charge in [0, 0.05) is 10.9 Å². The Labute approximate surface area is 105 Å². The van der Waals surface area contributed by atoms with Gasteiger partial charge in [-0.05, 0) is 44.4 Å². The van der Waals surface area contributed by atoms with Crippen LogP contribution < -0.4 is 4.74 Å². The number of ether oxygens (including phenoxy) is 1. The van der Waals surface area contributed by atoms with Gasteiger partial charge in [-0.25, -0.2) is 0 Å². The van der Waals surface area contributed by atoms with Gasteiger partial charge in [0.05, 0.1) is 6.61 Å². The molecule has 0 saturated heterocycles. The Kier molecular flexibility index (Phi) is 5.53. The van der Waals surface area contributed by atoms with Crippen LogP contribution in [0, 0.1) is 6.92 Å². The fraction of sp³-hybridized carbons (Fsp3) is 0.462. The van der Waals surface area contributed by atoms with E-state index in [1.807, 2.05) is 25.1 Å². The molecule has 88 valence electrons. The minimum absolute atomic E-state index is 0.249. The Morgan fingerprint density at radius 1 is 1.38 bits per heavy atom. The molecule has 16 heavy (non-hydrogen) atoms. The second kappa shape index (κ2) is 6.69. The van der Waals surface area contributed by atoms with Crippen molar-refractivity contribution in [1.82, 2.24) is 0 Å². The number of hydrogen-bond donors (Lipinski definition) is 0. The molecule has 0 bridgehead atoms. The highest BCUT2D eigenvalue weighted by molar-refractivity contribution is 9.10. The number of ketones is 1. The summed E-state index contributed by atoms with van der Waals surface area (Å²) in [6.07, 6.45) is 2.48. The first kappa shape index (κ1) is 13.2. The summed E-state index contributed by atoms with van der Waals surface area (Å²) in [4.78, 5) is 10.7. The number of carbonyl (C=O) groups is 1. The fourth-order valence-corrected chi connectivity index (χ4v) is 1.73. The van der Waals surface area contributed by atoms with E-state index < -0.39 is 0 Å². The molecule has 0 radical (unpaired) electrons. The van der Waals surface area contributed by atoms with Gasteiger partial charge < -0.3 is 9.53 Å². The van der Waals surface area contributed by atoms with Crippen LogP contribution >= 0.6 is 15.9 Å². The third-order valence-corrected chi connectivity index (χ3v) is 2.82. The first-order valence-electron chi connectivity index (χ1n) is 5.48. The predicted molar refractivity (Wildman–Crippen MR) is 68.9 cm³/mol. The smallest absolute Gasteiger partial charge is 0.129 e. The molecule has 1 rings (SSSR count). The zero-order valence-corrected chi connectivity index (χ0v) is 11.3. The van der Waals surface area contributed by atoms with Crippen molar-refractivity contribution in [2.75, 3.05) is 6.61 Å². The van der Waals surface area contributed by atoms with E-state index in [9.17, 15) is 4.79 Å². The van der Waals surface area contributed by atoms with Crippen molar-refractivity contribution in [3.05, 3.63) is 28.2 Å². The molecule has 0 spiro atoms. The van der Waals surface area contributed by atoms with Gasteiger partial charge in [-0.3, -0.25) is 0 Å². The molecule has 0 fully saturated rings. The summed E-state index contributed by atoms with van der Waals surface area (Å²) in [5, 5.41) is 0. The number of rotatable bonds is 6. The lowest BCUT2D eigenvalue weighted by molar-refractivity contribution is -0.117. The minimum Gasteiger partial charge on any atom is -0.493 e. The van der Waals surface area contributed by atoms with Crippen LogP contribution in [0.1, 0.15) is 31.7 Å². The van der Waals surface area contributed by atoms with E-state index in [4.69, 9.17) is 4.74 Å². The van der Waals surface area contributed by atoms with Gasteiger partial charge in [-0.15, -0.1) is 0 Å². The van der Waals surface area contributed by atoms with Gasteiger partial charge in [-0.2, -0.15) is 0 Å². The molecular weight excluding hydrogens is 268 g/mol. The highest BCUT2D eigenvalue weighted by atomic mass is 79.9. The third kappa shape index (κ3) is 4.79. The van der Waals surface area contributed by atoms with Crippen molar-refractivity contribution in [2.45, 2.75) is 33.1 Å². The van der Waals surface area contributed by atoms with E-state index in [1.54, 1.807) is 6.92 Å². The summed E-state index contributed by atoms with van der Waals surface area (Å²) in [7, 11) is 0. The first-order valence-corrected chi connectivity index (χ1v) is 6.27. The number of carbonyl (C=O) groups excluding carboxylic acids is 1. The minimum atomic E-state index is 0.249. The standard InChI is InChI=1S/C13H17BrO2/c1-10-6-7-12(14)9-13(10)16-8-4-3-5-11(2)15/h6-7,9H,3-5,8H2,1-2H3. The summed E-state index contributed by atoms with van der Waals surface area (Å²) >= 11 is 3.41. The maximum atomic E-state index is 10.7. The number of aryl methyl sites for hydroxylation is 1. The van der Waals surface area contributed by atoms with Gasteiger partial charge in [0.1, 0.15) is 11.5 Å². The van der Waals surface area contributed by atoms with E-state index in [-0.39, 0.29) is 5.78 Å². The first-order chi connectivity index (χ1) is 7.59. The van der Waals surface area contributed by atoms with Crippen LogP contribution in [0.15, 0.2) is 22.7 Å². The zero-order chi connectivity index (χ0) is 12.0. The molecule has 0 aliphatic rings. The van der Waals surface area contributed by atoms with Crippen molar-refractivity contribution in [3.8, 4) is 5.75 Å². The van der Waals surface area contributed by atoms with Crippen LogP contribution in [-0.4, -0.2) is 12.4 Å². The molecule has 3 heteroatoms. The molecule has 0 unspecified atom stereocenters. The summed E-state index contributed by atoms with van der Waals surface area (Å²) in [5.74, 6) is 1.16. The van der Waals surface area contributed by atoms with E-state index in [1.165, 1.54) is 0 Å². The molecule has 1 aromatic carbocycles. The molecule has 1 aromatic rings. The highest BCUT2D eigenvalue weighted by Gasteiger charge is 2.00. The zero-order valence-electron chi connectivity index (χ0n) is 9.75. The van der Waals surface area contributed by atoms with Gasteiger partial charge in [0.2, 0.25) is 0 Å². The van der Waals surface area contributed by atoms with E-state index in [0.717, 1.165) is 28.6 Å². The Bertz CT molecular complexity index is 361. The summed E-state index contributed by atoms with van der Waals surface area (Å²) in [6, 6.07) is 5.99. The second-order valence-corrected chi connectivity index (χ2v) is 4.83. The van der Waals surface area contributed by atoms with E-state index in [0.29, 0.717) is 13.0 Å². The molecule has 0 N–H and O–H groups in total.